The fraction of sp³-hybridized carbons (Fsp3) is 0.0870. The van der Waals surface area contributed by atoms with Crippen LogP contribution in [0.25, 0.3) is 32.7 Å². The lowest BCUT2D eigenvalue weighted by Gasteiger charge is -2.12. The van der Waals surface area contributed by atoms with Crippen molar-refractivity contribution in [1.29, 1.82) is 0 Å². The minimum atomic E-state index is 0.521. The Hall–Kier alpha value is -3.33. The van der Waals surface area contributed by atoms with Crippen LogP contribution in [0.5, 0.6) is 5.75 Å². The SMILES string of the molecule is Cn1c2ccccc2c2cc3cccnc3c(OCc3ccccc3)c21. The molecular formula is C23H18N2O. The van der Waals surface area contributed by atoms with Crippen LogP contribution >= 0.6 is 0 Å². The van der Waals surface area contributed by atoms with Gasteiger partial charge in [0.25, 0.3) is 0 Å². The molecule has 2 heterocycles. The Balaban J connectivity index is 1.80. The fourth-order valence-electron chi connectivity index (χ4n) is 3.70. The summed E-state index contributed by atoms with van der Waals surface area (Å²) in [6.45, 7) is 0.521. The summed E-state index contributed by atoms with van der Waals surface area (Å²) >= 11 is 0. The molecule has 5 aromatic rings. The van der Waals surface area contributed by atoms with E-state index in [-0.39, 0.29) is 0 Å². The number of benzene rings is 3. The second-order valence-electron chi connectivity index (χ2n) is 6.53. The van der Waals surface area contributed by atoms with E-state index in [9.17, 15) is 0 Å². The molecule has 0 saturated carbocycles. The number of hydrogen-bond donors (Lipinski definition) is 0. The predicted molar refractivity (Wildman–Crippen MR) is 107 cm³/mol. The van der Waals surface area contributed by atoms with E-state index in [2.05, 4.69) is 65.1 Å². The molecule has 0 aliphatic carbocycles. The number of para-hydroxylation sites is 1. The smallest absolute Gasteiger partial charge is 0.170 e. The molecule has 0 atom stereocenters. The number of ether oxygens (including phenoxy) is 1. The lowest BCUT2D eigenvalue weighted by molar-refractivity contribution is 0.312. The van der Waals surface area contributed by atoms with Crippen molar-refractivity contribution in [2.45, 2.75) is 6.61 Å². The molecule has 0 aliphatic heterocycles. The lowest BCUT2D eigenvalue weighted by atomic mass is 10.1. The van der Waals surface area contributed by atoms with Gasteiger partial charge in [0.2, 0.25) is 0 Å². The summed E-state index contributed by atoms with van der Waals surface area (Å²) in [6.07, 6.45) is 1.83. The van der Waals surface area contributed by atoms with Crippen molar-refractivity contribution in [1.82, 2.24) is 9.55 Å². The van der Waals surface area contributed by atoms with Gasteiger partial charge in [-0.05, 0) is 23.8 Å². The number of aryl methyl sites for hydroxylation is 1. The molecule has 0 fully saturated rings. The molecule has 5 rings (SSSR count). The topological polar surface area (TPSA) is 27.1 Å². The third kappa shape index (κ3) is 2.25. The summed E-state index contributed by atoms with van der Waals surface area (Å²) in [4.78, 5) is 4.62. The summed E-state index contributed by atoms with van der Waals surface area (Å²) in [5.74, 6) is 0.848. The Bertz CT molecular complexity index is 1240. The van der Waals surface area contributed by atoms with Crippen molar-refractivity contribution in [2.75, 3.05) is 0 Å². The van der Waals surface area contributed by atoms with Gasteiger partial charge in [-0.3, -0.25) is 4.98 Å². The van der Waals surface area contributed by atoms with Crippen molar-refractivity contribution < 1.29 is 4.74 Å². The quantitative estimate of drug-likeness (QED) is 0.437. The highest BCUT2D eigenvalue weighted by Crippen LogP contribution is 2.39. The highest BCUT2D eigenvalue weighted by Gasteiger charge is 2.17. The molecule has 0 N–H and O–H groups in total. The molecule has 126 valence electrons. The minimum Gasteiger partial charge on any atom is -0.484 e. The average molecular weight is 338 g/mol. The lowest BCUT2D eigenvalue weighted by Crippen LogP contribution is -1.99. The Morgan fingerprint density at radius 3 is 2.58 bits per heavy atom. The van der Waals surface area contributed by atoms with Crippen LogP contribution in [0.3, 0.4) is 0 Å². The van der Waals surface area contributed by atoms with Gasteiger partial charge in [0.05, 0.1) is 5.52 Å². The Morgan fingerprint density at radius 2 is 1.69 bits per heavy atom. The molecule has 0 amide bonds. The van der Waals surface area contributed by atoms with Gasteiger partial charge in [-0.15, -0.1) is 0 Å². The predicted octanol–water partition coefficient (Wildman–Crippen LogP) is 5.46. The van der Waals surface area contributed by atoms with Crippen LogP contribution in [-0.2, 0) is 13.7 Å². The van der Waals surface area contributed by atoms with Crippen molar-refractivity contribution >= 4 is 32.7 Å². The minimum absolute atomic E-state index is 0.521. The summed E-state index contributed by atoms with van der Waals surface area (Å²) < 4.78 is 8.55. The van der Waals surface area contributed by atoms with Crippen molar-refractivity contribution in [2.24, 2.45) is 7.05 Å². The second kappa shape index (κ2) is 5.88. The van der Waals surface area contributed by atoms with Crippen molar-refractivity contribution in [3.63, 3.8) is 0 Å². The maximum absolute atomic E-state index is 6.35. The normalized spacial score (nSPS) is 11.4. The Kier molecular flexibility index (Phi) is 3.39. The summed E-state index contributed by atoms with van der Waals surface area (Å²) in [5.41, 5.74) is 4.34. The first-order valence-electron chi connectivity index (χ1n) is 8.74. The van der Waals surface area contributed by atoms with Crippen molar-refractivity contribution in [3.8, 4) is 5.75 Å². The summed E-state index contributed by atoms with van der Waals surface area (Å²) in [5, 5.41) is 3.53. The zero-order valence-electron chi connectivity index (χ0n) is 14.5. The van der Waals surface area contributed by atoms with Gasteiger partial charge in [-0.2, -0.15) is 0 Å². The van der Waals surface area contributed by atoms with Gasteiger partial charge in [-0.25, -0.2) is 0 Å². The van der Waals surface area contributed by atoms with E-state index in [0.717, 1.165) is 27.7 Å². The van der Waals surface area contributed by atoms with Crippen LogP contribution in [0, 0.1) is 0 Å². The molecule has 0 aliphatic rings. The summed E-state index contributed by atoms with van der Waals surface area (Å²) in [7, 11) is 2.09. The van der Waals surface area contributed by atoms with Gasteiger partial charge < -0.3 is 9.30 Å². The van der Waals surface area contributed by atoms with Crippen LogP contribution in [0.2, 0.25) is 0 Å². The molecule has 26 heavy (non-hydrogen) atoms. The zero-order valence-corrected chi connectivity index (χ0v) is 14.5. The van der Waals surface area contributed by atoms with Gasteiger partial charge in [-0.1, -0.05) is 54.6 Å². The number of pyridine rings is 1. The van der Waals surface area contributed by atoms with Gasteiger partial charge >= 0.3 is 0 Å². The zero-order chi connectivity index (χ0) is 17.5. The largest absolute Gasteiger partial charge is 0.484 e. The van der Waals surface area contributed by atoms with E-state index in [4.69, 9.17) is 4.74 Å². The molecule has 3 aromatic carbocycles. The van der Waals surface area contributed by atoms with Crippen LogP contribution in [0.15, 0.2) is 79.0 Å². The molecule has 0 saturated heterocycles. The number of rotatable bonds is 3. The number of nitrogens with zero attached hydrogens (tertiary/aromatic N) is 2. The molecule has 3 heteroatoms. The number of fused-ring (bicyclic) bond motifs is 4. The molecule has 3 nitrogen and oxygen atoms in total. The van der Waals surface area contributed by atoms with E-state index < -0.39 is 0 Å². The highest BCUT2D eigenvalue weighted by atomic mass is 16.5. The molecule has 0 unspecified atom stereocenters. The summed E-state index contributed by atoms with van der Waals surface area (Å²) in [6, 6.07) is 25.0. The van der Waals surface area contributed by atoms with E-state index in [1.54, 1.807) is 0 Å². The van der Waals surface area contributed by atoms with Gasteiger partial charge in [0.1, 0.15) is 12.1 Å². The molecule has 0 bridgehead atoms. The van der Waals surface area contributed by atoms with Crippen LogP contribution in [-0.4, -0.2) is 9.55 Å². The van der Waals surface area contributed by atoms with E-state index in [0.29, 0.717) is 6.61 Å². The van der Waals surface area contributed by atoms with Crippen LogP contribution < -0.4 is 4.74 Å². The third-order valence-electron chi connectivity index (χ3n) is 4.94. The maximum atomic E-state index is 6.35. The highest BCUT2D eigenvalue weighted by molar-refractivity contribution is 6.15. The molecule has 0 spiro atoms. The second-order valence-corrected chi connectivity index (χ2v) is 6.53. The van der Waals surface area contributed by atoms with Gasteiger partial charge in [0.15, 0.2) is 5.75 Å². The van der Waals surface area contributed by atoms with Crippen molar-refractivity contribution in [3.05, 3.63) is 84.6 Å². The van der Waals surface area contributed by atoms with Gasteiger partial charge in [0, 0.05) is 34.9 Å². The molecule has 0 radical (unpaired) electrons. The molecule has 2 aromatic heterocycles. The number of aromatic nitrogens is 2. The Labute approximate surface area is 151 Å². The Morgan fingerprint density at radius 1 is 0.885 bits per heavy atom. The molecular weight excluding hydrogens is 320 g/mol. The standard InChI is InChI=1S/C23H18N2O/c1-25-20-12-6-5-11-18(20)19-14-17-10-7-13-24-21(17)23(22(19)25)26-15-16-8-3-2-4-9-16/h2-14H,15H2,1H3. The van der Waals surface area contributed by atoms with E-state index >= 15 is 0 Å². The van der Waals surface area contributed by atoms with E-state index in [1.165, 1.54) is 16.3 Å². The maximum Gasteiger partial charge on any atom is 0.170 e. The average Bonchev–Trinajstić information content (AvgIpc) is 2.99. The first-order chi connectivity index (χ1) is 12.8. The van der Waals surface area contributed by atoms with Crippen LogP contribution in [0.4, 0.5) is 0 Å². The monoisotopic (exact) mass is 338 g/mol. The first-order valence-corrected chi connectivity index (χ1v) is 8.74. The number of hydrogen-bond acceptors (Lipinski definition) is 2. The first kappa shape index (κ1) is 15.0. The fourth-order valence-corrected chi connectivity index (χ4v) is 3.70. The third-order valence-corrected chi connectivity index (χ3v) is 4.94. The van der Waals surface area contributed by atoms with E-state index in [1.807, 2.05) is 30.5 Å². The van der Waals surface area contributed by atoms with Crippen LogP contribution in [0.1, 0.15) is 5.56 Å².